The lowest BCUT2D eigenvalue weighted by molar-refractivity contribution is 0.319. The highest BCUT2D eigenvalue weighted by Gasteiger charge is 2.09. The number of hydrogen-bond donors (Lipinski definition) is 1. The van der Waals surface area contributed by atoms with E-state index in [0.29, 0.717) is 11.4 Å². The number of fused-ring (bicyclic) bond motifs is 1. The first-order valence-corrected chi connectivity index (χ1v) is 6.02. The molecule has 3 nitrogen and oxygen atoms in total. The van der Waals surface area contributed by atoms with E-state index in [1.54, 1.807) is 0 Å². The lowest BCUT2D eigenvalue weighted by Gasteiger charge is -2.05. The summed E-state index contributed by atoms with van der Waals surface area (Å²) in [4.78, 5) is 4.53. The second-order valence-corrected chi connectivity index (χ2v) is 4.20. The molecular formula is C16H12N2O. The molecule has 0 atom stereocenters. The van der Waals surface area contributed by atoms with Crippen LogP contribution in [0.5, 0.6) is 0 Å². The van der Waals surface area contributed by atoms with Gasteiger partial charge in [-0.05, 0) is 12.1 Å². The average molecular weight is 248 g/mol. The molecule has 0 saturated carbocycles. The van der Waals surface area contributed by atoms with Crippen LogP contribution < -0.4 is 0 Å². The average Bonchev–Trinajstić information content (AvgIpc) is 2.49. The maximum absolute atomic E-state index is 9.25. The summed E-state index contributed by atoms with van der Waals surface area (Å²) < 4.78 is 0. The van der Waals surface area contributed by atoms with Crippen molar-refractivity contribution in [2.24, 2.45) is 5.16 Å². The van der Waals surface area contributed by atoms with Crippen LogP contribution in [-0.2, 0) is 0 Å². The van der Waals surface area contributed by atoms with E-state index in [0.717, 1.165) is 16.5 Å². The predicted octanol–water partition coefficient (Wildman–Crippen LogP) is 3.46. The van der Waals surface area contributed by atoms with Gasteiger partial charge in [0.2, 0.25) is 0 Å². The summed E-state index contributed by atoms with van der Waals surface area (Å²) in [6.45, 7) is 0. The highest BCUT2D eigenvalue weighted by molar-refractivity contribution is 6.12. The van der Waals surface area contributed by atoms with Crippen molar-refractivity contribution in [1.82, 2.24) is 4.98 Å². The molecule has 0 saturated heterocycles. The standard InChI is InChI=1S/C16H12N2O/c19-18-16(13-7-2-1-3-8-13)15-11-10-12-6-4-5-9-14(12)17-15/h1-11,19H/b18-16+. The highest BCUT2D eigenvalue weighted by atomic mass is 16.4. The first-order valence-electron chi connectivity index (χ1n) is 6.02. The third-order valence-electron chi connectivity index (χ3n) is 2.99. The van der Waals surface area contributed by atoms with Crippen molar-refractivity contribution in [2.45, 2.75) is 0 Å². The molecule has 0 spiro atoms. The number of rotatable bonds is 2. The Kier molecular flexibility index (Phi) is 2.94. The minimum Gasteiger partial charge on any atom is -0.410 e. The van der Waals surface area contributed by atoms with Crippen molar-refractivity contribution in [1.29, 1.82) is 0 Å². The molecule has 0 amide bonds. The monoisotopic (exact) mass is 248 g/mol. The maximum Gasteiger partial charge on any atom is 0.135 e. The SMILES string of the molecule is O/N=C(\c1ccccc1)c1ccc2ccccc2n1. The lowest BCUT2D eigenvalue weighted by atomic mass is 10.1. The zero-order valence-electron chi connectivity index (χ0n) is 10.2. The molecule has 2 aromatic carbocycles. The summed E-state index contributed by atoms with van der Waals surface area (Å²) in [5, 5.41) is 13.7. The van der Waals surface area contributed by atoms with Crippen LogP contribution in [0, 0.1) is 0 Å². The van der Waals surface area contributed by atoms with E-state index in [4.69, 9.17) is 0 Å². The van der Waals surface area contributed by atoms with Crippen LogP contribution in [0.2, 0.25) is 0 Å². The first kappa shape index (κ1) is 11.4. The van der Waals surface area contributed by atoms with E-state index in [1.165, 1.54) is 0 Å². The summed E-state index contributed by atoms with van der Waals surface area (Å²) >= 11 is 0. The number of pyridine rings is 1. The van der Waals surface area contributed by atoms with Crippen LogP contribution in [0.15, 0.2) is 71.9 Å². The fraction of sp³-hybridized carbons (Fsp3) is 0. The van der Waals surface area contributed by atoms with Crippen LogP contribution in [0.1, 0.15) is 11.3 Å². The second-order valence-electron chi connectivity index (χ2n) is 4.20. The molecule has 1 heterocycles. The van der Waals surface area contributed by atoms with Crippen LogP contribution in [0.25, 0.3) is 10.9 Å². The lowest BCUT2D eigenvalue weighted by Crippen LogP contribution is -2.05. The third kappa shape index (κ3) is 2.18. The van der Waals surface area contributed by atoms with Crippen molar-refractivity contribution in [3.8, 4) is 0 Å². The van der Waals surface area contributed by atoms with Gasteiger partial charge in [0.25, 0.3) is 0 Å². The topological polar surface area (TPSA) is 45.5 Å². The molecule has 1 N–H and O–H groups in total. The second kappa shape index (κ2) is 4.90. The molecule has 3 aromatic rings. The molecule has 0 bridgehead atoms. The van der Waals surface area contributed by atoms with E-state index in [9.17, 15) is 5.21 Å². The van der Waals surface area contributed by atoms with Gasteiger partial charge in [0, 0.05) is 10.9 Å². The van der Waals surface area contributed by atoms with Gasteiger partial charge in [0.1, 0.15) is 5.71 Å². The molecule has 0 unspecified atom stereocenters. The largest absolute Gasteiger partial charge is 0.410 e. The zero-order chi connectivity index (χ0) is 13.1. The fourth-order valence-electron chi connectivity index (χ4n) is 2.05. The van der Waals surface area contributed by atoms with Crippen LogP contribution >= 0.6 is 0 Å². The van der Waals surface area contributed by atoms with Gasteiger partial charge < -0.3 is 5.21 Å². The Morgan fingerprint density at radius 3 is 2.37 bits per heavy atom. The highest BCUT2D eigenvalue weighted by Crippen LogP contribution is 2.15. The Bertz CT molecular complexity index is 736. The van der Waals surface area contributed by atoms with Gasteiger partial charge in [-0.1, -0.05) is 59.8 Å². The van der Waals surface area contributed by atoms with Crippen LogP contribution in [-0.4, -0.2) is 15.9 Å². The van der Waals surface area contributed by atoms with Crippen LogP contribution in [0.3, 0.4) is 0 Å². The molecule has 3 heteroatoms. The Labute approximate surface area is 110 Å². The summed E-state index contributed by atoms with van der Waals surface area (Å²) in [6, 6.07) is 21.2. The minimum absolute atomic E-state index is 0.478. The number of para-hydroxylation sites is 1. The first-order chi connectivity index (χ1) is 9.38. The summed E-state index contributed by atoms with van der Waals surface area (Å²) in [5.74, 6) is 0. The smallest absolute Gasteiger partial charge is 0.135 e. The van der Waals surface area contributed by atoms with Gasteiger partial charge in [-0.15, -0.1) is 0 Å². The number of benzene rings is 2. The van der Waals surface area contributed by atoms with Crippen LogP contribution in [0.4, 0.5) is 0 Å². The molecule has 0 fully saturated rings. The summed E-state index contributed by atoms with van der Waals surface area (Å²) in [5.41, 5.74) is 2.86. The molecule has 0 aliphatic rings. The molecular weight excluding hydrogens is 236 g/mol. The van der Waals surface area contributed by atoms with Crippen molar-refractivity contribution in [3.05, 3.63) is 78.0 Å². The normalized spacial score (nSPS) is 11.7. The van der Waals surface area contributed by atoms with Crippen molar-refractivity contribution in [3.63, 3.8) is 0 Å². The van der Waals surface area contributed by atoms with Gasteiger partial charge in [0.15, 0.2) is 0 Å². The molecule has 3 rings (SSSR count). The molecule has 1 aromatic heterocycles. The predicted molar refractivity (Wildman–Crippen MR) is 75.6 cm³/mol. The van der Waals surface area contributed by atoms with Gasteiger partial charge >= 0.3 is 0 Å². The fourth-order valence-corrected chi connectivity index (χ4v) is 2.05. The summed E-state index contributed by atoms with van der Waals surface area (Å²) in [6.07, 6.45) is 0. The van der Waals surface area contributed by atoms with E-state index in [1.807, 2.05) is 66.7 Å². The Balaban J connectivity index is 2.12. The van der Waals surface area contributed by atoms with E-state index < -0.39 is 0 Å². The van der Waals surface area contributed by atoms with Gasteiger partial charge in [-0.25, -0.2) is 4.98 Å². The molecule has 0 radical (unpaired) electrons. The summed E-state index contributed by atoms with van der Waals surface area (Å²) in [7, 11) is 0. The Hall–Kier alpha value is -2.68. The van der Waals surface area contributed by atoms with Crippen molar-refractivity contribution < 1.29 is 5.21 Å². The number of oxime groups is 1. The van der Waals surface area contributed by atoms with Gasteiger partial charge in [-0.3, -0.25) is 0 Å². The zero-order valence-corrected chi connectivity index (χ0v) is 10.2. The third-order valence-corrected chi connectivity index (χ3v) is 2.99. The maximum atomic E-state index is 9.25. The molecule has 19 heavy (non-hydrogen) atoms. The van der Waals surface area contributed by atoms with E-state index >= 15 is 0 Å². The number of nitrogens with zero attached hydrogens (tertiary/aromatic N) is 2. The van der Waals surface area contributed by atoms with Crippen molar-refractivity contribution in [2.75, 3.05) is 0 Å². The minimum atomic E-state index is 0.478. The Morgan fingerprint density at radius 1 is 0.842 bits per heavy atom. The van der Waals surface area contributed by atoms with E-state index in [2.05, 4.69) is 10.1 Å². The molecule has 92 valence electrons. The Morgan fingerprint density at radius 2 is 1.58 bits per heavy atom. The molecule has 0 aliphatic heterocycles. The quantitative estimate of drug-likeness (QED) is 0.429. The van der Waals surface area contributed by atoms with Gasteiger partial charge in [0.05, 0.1) is 11.2 Å². The van der Waals surface area contributed by atoms with Gasteiger partial charge in [-0.2, -0.15) is 0 Å². The molecule has 0 aliphatic carbocycles. The number of hydrogen-bond acceptors (Lipinski definition) is 3. The number of aromatic nitrogens is 1. The van der Waals surface area contributed by atoms with Crippen molar-refractivity contribution >= 4 is 16.6 Å². The van der Waals surface area contributed by atoms with E-state index in [-0.39, 0.29) is 0 Å².